The van der Waals surface area contributed by atoms with Crippen molar-refractivity contribution >= 4 is 0 Å². The zero-order valence-corrected chi connectivity index (χ0v) is 10.4. The number of nitrogens with two attached hydrogens (primary N) is 2. The second-order valence-corrected chi connectivity index (χ2v) is 4.16. The van der Waals surface area contributed by atoms with Crippen molar-refractivity contribution in [3.8, 4) is 5.75 Å². The lowest BCUT2D eigenvalue weighted by Gasteiger charge is -2.22. The van der Waals surface area contributed by atoms with Crippen LogP contribution in [0.4, 0.5) is 0 Å². The van der Waals surface area contributed by atoms with E-state index in [4.69, 9.17) is 16.2 Å². The molecule has 0 saturated heterocycles. The molecule has 1 aromatic rings. The van der Waals surface area contributed by atoms with E-state index in [0.29, 0.717) is 12.5 Å². The van der Waals surface area contributed by atoms with Crippen molar-refractivity contribution < 1.29 is 4.74 Å². The van der Waals surface area contributed by atoms with Crippen LogP contribution < -0.4 is 16.2 Å². The summed E-state index contributed by atoms with van der Waals surface area (Å²) in [5.74, 6) is 1.24. The average molecular weight is 222 g/mol. The van der Waals surface area contributed by atoms with E-state index >= 15 is 0 Å². The number of methoxy groups -OCH3 is 1. The van der Waals surface area contributed by atoms with Crippen LogP contribution in [0.5, 0.6) is 5.75 Å². The first kappa shape index (κ1) is 13.0. The summed E-state index contributed by atoms with van der Waals surface area (Å²) in [4.78, 5) is 0. The molecule has 0 amide bonds. The molecule has 16 heavy (non-hydrogen) atoms. The smallest absolute Gasteiger partial charge is 0.121 e. The Bertz CT molecular complexity index is 335. The topological polar surface area (TPSA) is 61.3 Å². The van der Waals surface area contributed by atoms with Gasteiger partial charge in [-0.15, -0.1) is 0 Å². The molecule has 3 heteroatoms. The molecule has 0 bridgehead atoms. The van der Waals surface area contributed by atoms with Gasteiger partial charge in [-0.05, 0) is 36.6 Å². The number of ether oxygens (including phenoxy) is 1. The minimum absolute atomic E-state index is 0.0135. The van der Waals surface area contributed by atoms with Gasteiger partial charge in [-0.3, -0.25) is 0 Å². The standard InChI is InChI=1S/C13H22N2O/c1-4-10(8-14)13(15)11-5-6-12(16-3)9(2)7-11/h5-7,10,13H,4,8,14-15H2,1-3H3. The van der Waals surface area contributed by atoms with Crippen molar-refractivity contribution in [3.63, 3.8) is 0 Å². The Morgan fingerprint density at radius 3 is 2.50 bits per heavy atom. The molecule has 0 fully saturated rings. The summed E-state index contributed by atoms with van der Waals surface area (Å²) in [6, 6.07) is 6.09. The number of benzene rings is 1. The van der Waals surface area contributed by atoms with Crippen molar-refractivity contribution in [2.24, 2.45) is 17.4 Å². The summed E-state index contributed by atoms with van der Waals surface area (Å²) in [7, 11) is 1.68. The Labute approximate surface area is 97.8 Å². The molecular formula is C13H22N2O. The molecule has 2 atom stereocenters. The molecule has 0 spiro atoms. The highest BCUT2D eigenvalue weighted by Crippen LogP contribution is 2.26. The fourth-order valence-electron chi connectivity index (χ4n) is 1.95. The fourth-order valence-corrected chi connectivity index (χ4v) is 1.95. The van der Waals surface area contributed by atoms with Gasteiger partial charge in [0.05, 0.1) is 7.11 Å². The normalized spacial score (nSPS) is 14.6. The largest absolute Gasteiger partial charge is 0.496 e. The summed E-state index contributed by atoms with van der Waals surface area (Å²) in [5, 5.41) is 0. The Morgan fingerprint density at radius 2 is 2.06 bits per heavy atom. The molecule has 1 rings (SSSR count). The molecule has 90 valence electrons. The first-order valence-corrected chi connectivity index (χ1v) is 5.74. The second kappa shape index (κ2) is 5.87. The molecule has 0 aliphatic heterocycles. The predicted molar refractivity (Wildman–Crippen MR) is 67.5 cm³/mol. The molecule has 1 aromatic carbocycles. The van der Waals surface area contributed by atoms with Crippen molar-refractivity contribution in [1.29, 1.82) is 0 Å². The van der Waals surface area contributed by atoms with Crippen LogP contribution in [0.2, 0.25) is 0 Å². The maximum absolute atomic E-state index is 6.20. The van der Waals surface area contributed by atoms with E-state index in [-0.39, 0.29) is 6.04 Å². The van der Waals surface area contributed by atoms with Gasteiger partial charge in [0.1, 0.15) is 5.75 Å². The number of rotatable bonds is 5. The Kier molecular flexibility index (Phi) is 4.77. The summed E-state index contributed by atoms with van der Waals surface area (Å²) < 4.78 is 5.23. The van der Waals surface area contributed by atoms with Crippen LogP contribution in [-0.4, -0.2) is 13.7 Å². The predicted octanol–water partition coefficient (Wildman–Crippen LogP) is 1.99. The number of hydrogen-bond donors (Lipinski definition) is 2. The van der Waals surface area contributed by atoms with Gasteiger partial charge < -0.3 is 16.2 Å². The molecule has 3 nitrogen and oxygen atoms in total. The molecule has 0 aliphatic carbocycles. The van der Waals surface area contributed by atoms with Crippen LogP contribution in [0.25, 0.3) is 0 Å². The highest BCUT2D eigenvalue weighted by Gasteiger charge is 2.16. The molecule has 0 aromatic heterocycles. The van der Waals surface area contributed by atoms with Crippen LogP contribution in [0.1, 0.15) is 30.5 Å². The minimum Gasteiger partial charge on any atom is -0.496 e. The lowest BCUT2D eigenvalue weighted by atomic mass is 9.91. The first-order chi connectivity index (χ1) is 7.63. The number of aryl methyl sites for hydroxylation is 1. The summed E-state index contributed by atoms with van der Waals surface area (Å²) in [6.07, 6.45) is 1.00. The third kappa shape index (κ3) is 2.74. The van der Waals surface area contributed by atoms with E-state index in [1.54, 1.807) is 7.11 Å². The molecule has 0 aliphatic rings. The summed E-state index contributed by atoms with van der Waals surface area (Å²) in [6.45, 7) is 4.77. The lowest BCUT2D eigenvalue weighted by molar-refractivity contribution is 0.408. The SMILES string of the molecule is CCC(CN)C(N)c1ccc(OC)c(C)c1. The third-order valence-corrected chi connectivity index (χ3v) is 3.14. The first-order valence-electron chi connectivity index (χ1n) is 5.74. The van der Waals surface area contributed by atoms with Crippen molar-refractivity contribution in [3.05, 3.63) is 29.3 Å². The van der Waals surface area contributed by atoms with Gasteiger partial charge in [-0.1, -0.05) is 25.5 Å². The minimum atomic E-state index is 0.0135. The van der Waals surface area contributed by atoms with E-state index in [2.05, 4.69) is 13.0 Å². The zero-order chi connectivity index (χ0) is 12.1. The van der Waals surface area contributed by atoms with Crippen LogP contribution in [0.15, 0.2) is 18.2 Å². The van der Waals surface area contributed by atoms with E-state index in [9.17, 15) is 0 Å². The van der Waals surface area contributed by atoms with Gasteiger partial charge in [-0.2, -0.15) is 0 Å². The van der Waals surface area contributed by atoms with Gasteiger partial charge in [0.25, 0.3) is 0 Å². The second-order valence-electron chi connectivity index (χ2n) is 4.16. The van der Waals surface area contributed by atoms with Crippen LogP contribution in [-0.2, 0) is 0 Å². The Balaban J connectivity index is 2.91. The van der Waals surface area contributed by atoms with Crippen molar-refractivity contribution in [2.45, 2.75) is 26.3 Å². The van der Waals surface area contributed by atoms with E-state index in [1.165, 1.54) is 0 Å². The number of hydrogen-bond acceptors (Lipinski definition) is 3. The highest BCUT2D eigenvalue weighted by atomic mass is 16.5. The zero-order valence-electron chi connectivity index (χ0n) is 10.4. The van der Waals surface area contributed by atoms with Crippen molar-refractivity contribution in [1.82, 2.24) is 0 Å². The van der Waals surface area contributed by atoms with Gasteiger partial charge in [0, 0.05) is 6.04 Å². The fraction of sp³-hybridized carbons (Fsp3) is 0.538. The maximum Gasteiger partial charge on any atom is 0.121 e. The molecule has 0 saturated carbocycles. The van der Waals surface area contributed by atoms with Crippen LogP contribution in [0.3, 0.4) is 0 Å². The van der Waals surface area contributed by atoms with Crippen LogP contribution >= 0.6 is 0 Å². The molecular weight excluding hydrogens is 200 g/mol. The highest BCUT2D eigenvalue weighted by molar-refractivity contribution is 5.37. The van der Waals surface area contributed by atoms with Gasteiger partial charge >= 0.3 is 0 Å². The van der Waals surface area contributed by atoms with Gasteiger partial charge in [-0.25, -0.2) is 0 Å². The van der Waals surface area contributed by atoms with E-state index < -0.39 is 0 Å². The average Bonchev–Trinajstić information content (AvgIpc) is 2.30. The lowest BCUT2D eigenvalue weighted by Crippen LogP contribution is -2.27. The summed E-state index contributed by atoms with van der Waals surface area (Å²) >= 11 is 0. The van der Waals surface area contributed by atoms with E-state index in [0.717, 1.165) is 23.3 Å². The molecule has 2 unspecified atom stereocenters. The monoisotopic (exact) mass is 222 g/mol. The molecule has 0 radical (unpaired) electrons. The summed E-state index contributed by atoms with van der Waals surface area (Å²) in [5.41, 5.74) is 14.2. The Morgan fingerprint density at radius 1 is 1.38 bits per heavy atom. The quantitative estimate of drug-likeness (QED) is 0.801. The van der Waals surface area contributed by atoms with Crippen molar-refractivity contribution in [2.75, 3.05) is 13.7 Å². The van der Waals surface area contributed by atoms with Gasteiger partial charge in [0.2, 0.25) is 0 Å². The maximum atomic E-state index is 6.20. The Hall–Kier alpha value is -1.06. The van der Waals surface area contributed by atoms with Crippen LogP contribution in [0, 0.1) is 12.8 Å². The van der Waals surface area contributed by atoms with Gasteiger partial charge in [0.15, 0.2) is 0 Å². The van der Waals surface area contributed by atoms with E-state index in [1.807, 2.05) is 19.1 Å². The third-order valence-electron chi connectivity index (χ3n) is 3.14. The molecule has 4 N–H and O–H groups in total. The molecule has 0 heterocycles.